The van der Waals surface area contributed by atoms with Crippen molar-refractivity contribution in [2.75, 3.05) is 19.5 Å². The average Bonchev–Trinajstić information content (AvgIpc) is 2.65. The maximum Gasteiger partial charge on any atom is 0.220 e. The van der Waals surface area contributed by atoms with E-state index in [0.717, 1.165) is 28.5 Å². The lowest BCUT2D eigenvalue weighted by atomic mass is 10.0. The first-order chi connectivity index (χ1) is 13.3. The van der Waals surface area contributed by atoms with Crippen LogP contribution in [0.3, 0.4) is 0 Å². The first-order valence-corrected chi connectivity index (χ1v) is 11.7. The van der Waals surface area contributed by atoms with E-state index in [9.17, 15) is 13.2 Å². The summed E-state index contributed by atoms with van der Waals surface area (Å²) >= 11 is 3.45. The Balaban J connectivity index is 1.45. The molecule has 2 aromatic rings. The summed E-state index contributed by atoms with van der Waals surface area (Å²) in [7, 11) is -3.21. The monoisotopic (exact) mass is 467 g/mol. The van der Waals surface area contributed by atoms with Crippen LogP contribution in [0.4, 0.5) is 0 Å². The maximum absolute atomic E-state index is 12.3. The van der Waals surface area contributed by atoms with Crippen molar-refractivity contribution < 1.29 is 22.7 Å². The molecule has 8 heteroatoms. The van der Waals surface area contributed by atoms with Crippen LogP contribution in [-0.4, -0.2) is 33.8 Å². The molecule has 2 aromatic carbocycles. The first-order valence-electron chi connectivity index (χ1n) is 8.97. The second-order valence-corrected chi connectivity index (χ2v) is 9.57. The first kappa shape index (κ1) is 20.7. The molecule has 3 rings (SSSR count). The van der Waals surface area contributed by atoms with Crippen LogP contribution >= 0.6 is 15.9 Å². The number of rotatable bonds is 7. The molecule has 1 atom stereocenters. The number of hydrogen-bond donors (Lipinski definition) is 1. The van der Waals surface area contributed by atoms with E-state index in [0.29, 0.717) is 31.8 Å². The minimum atomic E-state index is -3.21. The molecule has 1 aliphatic rings. The zero-order valence-electron chi connectivity index (χ0n) is 15.5. The SMILES string of the molecule is CS(=O)(=O)c1ccc(OCCCC(=O)NC2CCOc3ccc(Br)cc32)cc1. The van der Waals surface area contributed by atoms with Crippen LogP contribution < -0.4 is 14.8 Å². The van der Waals surface area contributed by atoms with E-state index in [1.807, 2.05) is 18.2 Å². The molecule has 0 aliphatic carbocycles. The molecule has 0 spiro atoms. The van der Waals surface area contributed by atoms with Gasteiger partial charge >= 0.3 is 0 Å². The summed E-state index contributed by atoms with van der Waals surface area (Å²) in [5, 5.41) is 3.06. The van der Waals surface area contributed by atoms with Gasteiger partial charge in [-0.15, -0.1) is 0 Å². The van der Waals surface area contributed by atoms with Gasteiger partial charge in [-0.05, 0) is 48.9 Å². The fourth-order valence-corrected chi connectivity index (χ4v) is 4.00. The van der Waals surface area contributed by atoms with E-state index < -0.39 is 9.84 Å². The fourth-order valence-electron chi connectivity index (χ4n) is 2.99. The van der Waals surface area contributed by atoms with E-state index in [-0.39, 0.29) is 16.8 Å². The molecule has 6 nitrogen and oxygen atoms in total. The number of sulfone groups is 1. The summed E-state index contributed by atoms with van der Waals surface area (Å²) in [5.41, 5.74) is 0.983. The van der Waals surface area contributed by atoms with Crippen molar-refractivity contribution in [3.8, 4) is 11.5 Å². The molecule has 1 amide bonds. The van der Waals surface area contributed by atoms with Crippen LogP contribution in [0.15, 0.2) is 51.8 Å². The van der Waals surface area contributed by atoms with Crippen LogP contribution in [0.5, 0.6) is 11.5 Å². The summed E-state index contributed by atoms with van der Waals surface area (Å²) in [6, 6.07) is 12.0. The molecule has 0 saturated carbocycles. The van der Waals surface area contributed by atoms with Crippen molar-refractivity contribution in [1.29, 1.82) is 0 Å². The molecule has 0 saturated heterocycles. The zero-order valence-corrected chi connectivity index (χ0v) is 17.9. The number of nitrogens with one attached hydrogen (secondary N) is 1. The smallest absolute Gasteiger partial charge is 0.220 e. The summed E-state index contributed by atoms with van der Waals surface area (Å²) in [4.78, 5) is 12.5. The molecule has 1 heterocycles. The van der Waals surface area contributed by atoms with E-state index >= 15 is 0 Å². The van der Waals surface area contributed by atoms with E-state index in [1.54, 1.807) is 12.1 Å². The van der Waals surface area contributed by atoms with E-state index in [4.69, 9.17) is 9.47 Å². The molecule has 1 aliphatic heterocycles. The fraction of sp³-hybridized carbons (Fsp3) is 0.350. The van der Waals surface area contributed by atoms with Crippen molar-refractivity contribution >= 4 is 31.7 Å². The predicted molar refractivity (Wildman–Crippen MR) is 109 cm³/mol. The van der Waals surface area contributed by atoms with Crippen molar-refractivity contribution in [3.05, 3.63) is 52.5 Å². The second kappa shape index (κ2) is 8.96. The molecule has 0 aromatic heterocycles. The normalized spacial score (nSPS) is 16.0. The minimum Gasteiger partial charge on any atom is -0.494 e. The van der Waals surface area contributed by atoms with Gasteiger partial charge in [0.15, 0.2) is 9.84 Å². The number of carbonyl (C=O) groups is 1. The highest BCUT2D eigenvalue weighted by Crippen LogP contribution is 2.34. The zero-order chi connectivity index (χ0) is 20.1. The Labute approximate surface area is 173 Å². The molecule has 28 heavy (non-hydrogen) atoms. The van der Waals surface area contributed by atoms with Crippen molar-refractivity contribution in [2.45, 2.75) is 30.2 Å². The van der Waals surface area contributed by atoms with Gasteiger partial charge < -0.3 is 14.8 Å². The Morgan fingerprint density at radius 2 is 2.00 bits per heavy atom. The number of hydrogen-bond acceptors (Lipinski definition) is 5. The maximum atomic E-state index is 12.3. The Kier molecular flexibility index (Phi) is 6.61. The number of fused-ring (bicyclic) bond motifs is 1. The van der Waals surface area contributed by atoms with Gasteiger partial charge in [-0.25, -0.2) is 8.42 Å². The highest BCUT2D eigenvalue weighted by Gasteiger charge is 2.23. The number of amides is 1. The standard InChI is InChI=1S/C20H22BrNO5S/c1-28(24,25)16-7-5-15(6-8-16)26-11-2-3-20(23)22-18-10-12-27-19-9-4-14(21)13-17(18)19/h4-9,13,18H,2-3,10-12H2,1H3,(H,22,23). The second-order valence-electron chi connectivity index (χ2n) is 6.63. The van der Waals surface area contributed by atoms with E-state index in [1.165, 1.54) is 12.1 Å². The third-order valence-corrected chi connectivity index (χ3v) is 6.04. The van der Waals surface area contributed by atoms with Crippen molar-refractivity contribution in [3.63, 3.8) is 0 Å². The van der Waals surface area contributed by atoms with Crippen molar-refractivity contribution in [2.24, 2.45) is 0 Å². The van der Waals surface area contributed by atoms with Gasteiger partial charge in [-0.3, -0.25) is 4.79 Å². The topological polar surface area (TPSA) is 81.7 Å². The molecule has 0 fully saturated rings. The molecule has 0 bridgehead atoms. The highest BCUT2D eigenvalue weighted by atomic mass is 79.9. The van der Waals surface area contributed by atoms with Gasteiger partial charge in [0.1, 0.15) is 11.5 Å². The molecule has 150 valence electrons. The largest absolute Gasteiger partial charge is 0.494 e. The summed E-state index contributed by atoms with van der Waals surface area (Å²) < 4.78 is 35.1. The molecule has 1 unspecified atom stereocenters. The summed E-state index contributed by atoms with van der Waals surface area (Å²) in [5.74, 6) is 1.35. The van der Waals surface area contributed by atoms with Crippen LogP contribution in [0.2, 0.25) is 0 Å². The van der Waals surface area contributed by atoms with Gasteiger partial charge in [-0.2, -0.15) is 0 Å². The van der Waals surface area contributed by atoms with Crippen LogP contribution in [0, 0.1) is 0 Å². The minimum absolute atomic E-state index is 0.0335. The molecular formula is C20H22BrNO5S. The third-order valence-electron chi connectivity index (χ3n) is 4.42. The highest BCUT2D eigenvalue weighted by molar-refractivity contribution is 9.10. The van der Waals surface area contributed by atoms with Gasteiger partial charge in [0.25, 0.3) is 0 Å². The van der Waals surface area contributed by atoms with Crippen LogP contribution in [0.1, 0.15) is 30.9 Å². The van der Waals surface area contributed by atoms with Gasteiger partial charge in [-0.1, -0.05) is 15.9 Å². The molecule has 1 N–H and O–H groups in total. The predicted octanol–water partition coefficient (Wildman–Crippen LogP) is 3.65. The number of benzene rings is 2. The number of ether oxygens (including phenoxy) is 2. The lowest BCUT2D eigenvalue weighted by Crippen LogP contribution is -2.32. The third kappa shape index (κ3) is 5.48. The number of carbonyl (C=O) groups excluding carboxylic acids is 1. The lowest BCUT2D eigenvalue weighted by molar-refractivity contribution is -0.122. The Hall–Kier alpha value is -2.06. The Bertz CT molecular complexity index is 944. The van der Waals surface area contributed by atoms with Crippen molar-refractivity contribution in [1.82, 2.24) is 5.32 Å². The van der Waals surface area contributed by atoms with Crippen LogP contribution in [0.25, 0.3) is 0 Å². The van der Waals surface area contributed by atoms with E-state index in [2.05, 4.69) is 21.2 Å². The molecular weight excluding hydrogens is 446 g/mol. The summed E-state index contributed by atoms with van der Waals surface area (Å²) in [6.07, 6.45) is 2.81. The van der Waals surface area contributed by atoms with Gasteiger partial charge in [0.05, 0.1) is 24.2 Å². The van der Waals surface area contributed by atoms with Gasteiger partial charge in [0.2, 0.25) is 5.91 Å². The molecule has 0 radical (unpaired) electrons. The Morgan fingerprint density at radius 3 is 2.71 bits per heavy atom. The van der Waals surface area contributed by atoms with Crippen LogP contribution in [-0.2, 0) is 14.6 Å². The number of halogens is 1. The Morgan fingerprint density at radius 1 is 1.25 bits per heavy atom. The lowest BCUT2D eigenvalue weighted by Gasteiger charge is -2.27. The van der Waals surface area contributed by atoms with Gasteiger partial charge in [0, 0.05) is 29.1 Å². The summed E-state index contributed by atoms with van der Waals surface area (Å²) in [6.45, 7) is 0.952. The average molecular weight is 468 g/mol. The quantitative estimate of drug-likeness (QED) is 0.628.